The molecule has 0 fully saturated rings. The monoisotopic (exact) mass is 448 g/mol. The summed E-state index contributed by atoms with van der Waals surface area (Å²) >= 11 is 0. The van der Waals surface area contributed by atoms with Crippen LogP contribution in [-0.4, -0.2) is 35.6 Å². The van der Waals surface area contributed by atoms with Crippen LogP contribution in [-0.2, 0) is 4.79 Å². The Morgan fingerprint density at radius 2 is 1.91 bits per heavy atom. The number of carbonyl (C=O) groups excluding carboxylic acids is 2. The Morgan fingerprint density at radius 3 is 2.67 bits per heavy atom. The normalized spacial score (nSPS) is 10.8. The molecule has 4 aromatic rings. The lowest BCUT2D eigenvalue weighted by molar-refractivity contribution is -0.115. The molecule has 0 aliphatic carbocycles. The summed E-state index contributed by atoms with van der Waals surface area (Å²) in [5.41, 5.74) is 2.61. The Bertz CT molecular complexity index is 1370. The van der Waals surface area contributed by atoms with Crippen LogP contribution in [0.5, 0.6) is 5.75 Å². The number of nitrogens with one attached hydrogen (secondary N) is 2. The first-order valence-corrected chi connectivity index (χ1v) is 10.1. The number of anilines is 1. The first-order chi connectivity index (χ1) is 15.9. The van der Waals surface area contributed by atoms with Crippen LogP contribution in [0.4, 0.5) is 10.1 Å². The number of nitrogens with zero attached hydrogens (tertiary/aromatic N) is 2. The Morgan fingerprint density at radius 1 is 1.12 bits per heavy atom. The number of benzene rings is 2. The molecule has 0 bridgehead atoms. The Balaban J connectivity index is 1.58. The standard InChI is InChI=1S/C24H21FN4O4/c1-13-8-9-20(32-3)19(10-13)27-21(30)12-26-23(31)16-11-18(15-6-4-5-7-17(15)25)28-24-22(16)14(2)29-33-24/h4-11H,12H2,1-3H3,(H,26,31)(H,27,30). The van der Waals surface area contributed by atoms with Crippen molar-refractivity contribution in [2.45, 2.75) is 13.8 Å². The third-order valence-corrected chi connectivity index (χ3v) is 5.05. The Kier molecular flexibility index (Phi) is 6.03. The van der Waals surface area contributed by atoms with E-state index in [0.717, 1.165) is 5.56 Å². The molecule has 9 heteroatoms. The largest absolute Gasteiger partial charge is 0.495 e. The molecule has 0 aliphatic rings. The van der Waals surface area contributed by atoms with Crippen molar-refractivity contribution in [3.63, 3.8) is 0 Å². The average Bonchev–Trinajstić information content (AvgIpc) is 3.18. The SMILES string of the molecule is COc1ccc(C)cc1NC(=O)CNC(=O)c1cc(-c2ccccc2F)nc2onc(C)c12. The van der Waals surface area contributed by atoms with Crippen molar-refractivity contribution in [3.05, 3.63) is 71.2 Å². The topological polar surface area (TPSA) is 106 Å². The molecule has 2 amide bonds. The second kappa shape index (κ2) is 9.07. The minimum atomic E-state index is -0.544. The van der Waals surface area contributed by atoms with Gasteiger partial charge in [-0.15, -0.1) is 0 Å². The van der Waals surface area contributed by atoms with Gasteiger partial charge in [-0.1, -0.05) is 23.4 Å². The van der Waals surface area contributed by atoms with Crippen LogP contribution in [0.25, 0.3) is 22.4 Å². The van der Waals surface area contributed by atoms with E-state index < -0.39 is 17.6 Å². The van der Waals surface area contributed by atoms with Crippen molar-refractivity contribution in [3.8, 4) is 17.0 Å². The number of hydrogen-bond donors (Lipinski definition) is 2. The van der Waals surface area contributed by atoms with Gasteiger partial charge in [0.25, 0.3) is 11.6 Å². The molecule has 4 rings (SSSR count). The molecule has 0 unspecified atom stereocenters. The van der Waals surface area contributed by atoms with Crippen LogP contribution in [0.1, 0.15) is 21.6 Å². The van der Waals surface area contributed by atoms with Crippen molar-refractivity contribution < 1.29 is 23.2 Å². The number of carbonyl (C=O) groups is 2. The lowest BCUT2D eigenvalue weighted by atomic mass is 10.0. The zero-order chi connectivity index (χ0) is 23.5. The smallest absolute Gasteiger partial charge is 0.259 e. The molecule has 0 saturated heterocycles. The van der Waals surface area contributed by atoms with E-state index in [9.17, 15) is 14.0 Å². The number of halogens is 1. The molecule has 0 saturated carbocycles. The maximum absolute atomic E-state index is 14.3. The van der Waals surface area contributed by atoms with Crippen LogP contribution in [0, 0.1) is 19.7 Å². The molecule has 0 atom stereocenters. The molecular formula is C24H21FN4O4. The molecule has 2 heterocycles. The van der Waals surface area contributed by atoms with Gasteiger partial charge >= 0.3 is 0 Å². The van der Waals surface area contributed by atoms with Crippen LogP contribution >= 0.6 is 0 Å². The minimum absolute atomic E-state index is 0.104. The van der Waals surface area contributed by atoms with Gasteiger partial charge < -0.3 is 19.9 Å². The quantitative estimate of drug-likeness (QED) is 0.461. The maximum Gasteiger partial charge on any atom is 0.259 e. The minimum Gasteiger partial charge on any atom is -0.495 e. The maximum atomic E-state index is 14.3. The Labute approximate surface area is 188 Å². The fourth-order valence-electron chi connectivity index (χ4n) is 3.45. The van der Waals surface area contributed by atoms with Crippen LogP contribution in [0.15, 0.2) is 53.1 Å². The Hall–Kier alpha value is -4.27. The molecule has 0 spiro atoms. The zero-order valence-electron chi connectivity index (χ0n) is 18.2. The van der Waals surface area contributed by atoms with Crippen molar-refractivity contribution in [2.24, 2.45) is 0 Å². The highest BCUT2D eigenvalue weighted by atomic mass is 19.1. The van der Waals surface area contributed by atoms with Gasteiger partial charge in [-0.05, 0) is 49.7 Å². The second-order valence-corrected chi connectivity index (χ2v) is 7.42. The van der Waals surface area contributed by atoms with E-state index >= 15 is 0 Å². The van der Waals surface area contributed by atoms with Crippen molar-refractivity contribution in [2.75, 3.05) is 19.0 Å². The van der Waals surface area contributed by atoms with Gasteiger partial charge in [0.2, 0.25) is 5.91 Å². The van der Waals surface area contributed by atoms with Gasteiger partial charge in [-0.3, -0.25) is 9.59 Å². The van der Waals surface area contributed by atoms with Gasteiger partial charge in [0, 0.05) is 5.56 Å². The average molecular weight is 448 g/mol. The number of fused-ring (bicyclic) bond motifs is 1. The molecule has 8 nitrogen and oxygen atoms in total. The summed E-state index contributed by atoms with van der Waals surface area (Å²) in [7, 11) is 1.51. The van der Waals surface area contributed by atoms with Gasteiger partial charge in [-0.2, -0.15) is 0 Å². The molecule has 2 aromatic heterocycles. The first-order valence-electron chi connectivity index (χ1n) is 10.1. The number of hydrogen-bond acceptors (Lipinski definition) is 6. The fraction of sp³-hybridized carbons (Fsp3) is 0.167. The highest BCUT2D eigenvalue weighted by Crippen LogP contribution is 2.28. The molecule has 2 aromatic carbocycles. The number of rotatable bonds is 6. The van der Waals surface area contributed by atoms with E-state index in [-0.39, 0.29) is 29.1 Å². The lowest BCUT2D eigenvalue weighted by Crippen LogP contribution is -2.33. The van der Waals surface area contributed by atoms with E-state index in [4.69, 9.17) is 9.26 Å². The molecular weight excluding hydrogens is 427 g/mol. The van der Waals surface area contributed by atoms with Gasteiger partial charge in [0.1, 0.15) is 11.6 Å². The summed E-state index contributed by atoms with van der Waals surface area (Å²) in [5, 5.41) is 9.58. The number of amides is 2. The van der Waals surface area contributed by atoms with E-state index in [1.54, 1.807) is 37.3 Å². The highest BCUT2D eigenvalue weighted by Gasteiger charge is 2.21. The highest BCUT2D eigenvalue weighted by molar-refractivity contribution is 6.08. The lowest BCUT2D eigenvalue weighted by Gasteiger charge is -2.12. The summed E-state index contributed by atoms with van der Waals surface area (Å²) in [6.45, 7) is 3.27. The predicted molar refractivity (Wildman–Crippen MR) is 121 cm³/mol. The van der Waals surface area contributed by atoms with Gasteiger partial charge in [0.15, 0.2) is 0 Å². The van der Waals surface area contributed by atoms with Gasteiger partial charge in [0.05, 0.1) is 41.7 Å². The van der Waals surface area contributed by atoms with Crippen molar-refractivity contribution >= 4 is 28.6 Å². The van der Waals surface area contributed by atoms with Crippen LogP contribution in [0.3, 0.4) is 0 Å². The molecule has 33 heavy (non-hydrogen) atoms. The molecule has 0 radical (unpaired) electrons. The molecule has 2 N–H and O–H groups in total. The summed E-state index contributed by atoms with van der Waals surface area (Å²) < 4.78 is 24.8. The van der Waals surface area contributed by atoms with E-state index in [2.05, 4.69) is 20.8 Å². The number of aryl methyl sites for hydroxylation is 2. The number of methoxy groups -OCH3 is 1. The fourth-order valence-corrected chi connectivity index (χ4v) is 3.45. The van der Waals surface area contributed by atoms with Crippen molar-refractivity contribution in [1.82, 2.24) is 15.5 Å². The number of ether oxygens (including phenoxy) is 1. The van der Waals surface area contributed by atoms with Crippen LogP contribution < -0.4 is 15.4 Å². The third kappa shape index (κ3) is 4.52. The van der Waals surface area contributed by atoms with E-state index in [1.807, 2.05) is 13.0 Å². The summed E-state index contributed by atoms with van der Waals surface area (Å²) in [6.07, 6.45) is 0. The van der Waals surface area contributed by atoms with E-state index in [0.29, 0.717) is 22.5 Å². The zero-order valence-corrected chi connectivity index (χ0v) is 18.2. The summed E-state index contributed by atoms with van der Waals surface area (Å²) in [6, 6.07) is 12.9. The van der Waals surface area contributed by atoms with E-state index in [1.165, 1.54) is 19.2 Å². The van der Waals surface area contributed by atoms with Crippen LogP contribution in [0.2, 0.25) is 0 Å². The molecule has 168 valence electrons. The second-order valence-electron chi connectivity index (χ2n) is 7.42. The number of aromatic nitrogens is 2. The summed E-state index contributed by atoms with van der Waals surface area (Å²) in [4.78, 5) is 29.8. The third-order valence-electron chi connectivity index (χ3n) is 5.05. The van der Waals surface area contributed by atoms with Gasteiger partial charge in [-0.25, -0.2) is 9.37 Å². The number of pyridine rings is 1. The first kappa shape index (κ1) is 21.9. The predicted octanol–water partition coefficient (Wildman–Crippen LogP) is 4.02. The summed E-state index contributed by atoms with van der Waals surface area (Å²) in [5.74, 6) is -0.962. The molecule has 0 aliphatic heterocycles. The van der Waals surface area contributed by atoms with Crippen molar-refractivity contribution in [1.29, 1.82) is 0 Å².